The van der Waals surface area contributed by atoms with Crippen molar-refractivity contribution < 1.29 is 13.9 Å². The van der Waals surface area contributed by atoms with Gasteiger partial charge in [0.25, 0.3) is 0 Å². The molecule has 0 amide bonds. The molecule has 0 bridgehead atoms. The Hall–Kier alpha value is -1.69. The summed E-state index contributed by atoms with van der Waals surface area (Å²) in [6.07, 6.45) is 0.486. The van der Waals surface area contributed by atoms with E-state index in [0.717, 1.165) is 10.0 Å². The molecule has 1 heterocycles. The van der Waals surface area contributed by atoms with Crippen LogP contribution in [0.4, 0.5) is 0 Å². The molecule has 0 aliphatic rings. The minimum absolute atomic E-state index is 0.107. The van der Waals surface area contributed by atoms with Gasteiger partial charge in [-0.05, 0) is 24.6 Å². The molecule has 1 aromatic carbocycles. The molecule has 0 N–H and O–H groups in total. The van der Waals surface area contributed by atoms with E-state index in [0.29, 0.717) is 12.3 Å². The zero-order chi connectivity index (χ0) is 13.0. The molecule has 0 radical (unpaired) electrons. The van der Waals surface area contributed by atoms with Crippen molar-refractivity contribution in [1.29, 1.82) is 0 Å². The Labute approximate surface area is 112 Å². The lowest BCUT2D eigenvalue weighted by Crippen LogP contribution is -2.04. The Balaban J connectivity index is 2.06. The van der Waals surface area contributed by atoms with E-state index < -0.39 is 5.97 Å². The number of rotatable bonds is 4. The summed E-state index contributed by atoms with van der Waals surface area (Å²) >= 11 is 3.36. The Bertz CT molecular complexity index is 537. The van der Waals surface area contributed by atoms with Gasteiger partial charge in [-0.15, -0.1) is 10.2 Å². The summed E-state index contributed by atoms with van der Waals surface area (Å²) in [6, 6.07) is 7.74. The van der Waals surface area contributed by atoms with E-state index in [1.165, 1.54) is 0 Å². The molecular weight excluding hydrogens is 300 g/mol. The van der Waals surface area contributed by atoms with E-state index in [9.17, 15) is 4.79 Å². The average molecular weight is 311 g/mol. The summed E-state index contributed by atoms with van der Waals surface area (Å²) in [5, 5.41) is 7.46. The number of carbonyl (C=O) groups is 1. The molecule has 2 aromatic rings. The highest BCUT2D eigenvalue weighted by atomic mass is 79.9. The fraction of sp³-hybridized carbons (Fsp3) is 0.250. The van der Waals surface area contributed by atoms with E-state index in [1.807, 2.05) is 24.3 Å². The Morgan fingerprint density at radius 2 is 2.06 bits per heavy atom. The van der Waals surface area contributed by atoms with Crippen LogP contribution >= 0.6 is 15.9 Å². The fourth-order valence-corrected chi connectivity index (χ4v) is 1.64. The third kappa shape index (κ3) is 3.16. The lowest BCUT2D eigenvalue weighted by molar-refractivity contribution is 0.0479. The third-order valence-electron chi connectivity index (χ3n) is 2.19. The number of halogens is 1. The van der Waals surface area contributed by atoms with E-state index in [4.69, 9.17) is 9.15 Å². The first-order valence-corrected chi connectivity index (χ1v) is 6.22. The van der Waals surface area contributed by atoms with Crippen molar-refractivity contribution in [2.24, 2.45) is 0 Å². The number of nitrogens with zero attached hydrogens (tertiary/aromatic N) is 2. The molecule has 5 nitrogen and oxygen atoms in total. The summed E-state index contributed by atoms with van der Waals surface area (Å²) in [5.74, 6) is -0.309. The van der Waals surface area contributed by atoms with E-state index in [2.05, 4.69) is 26.1 Å². The molecule has 18 heavy (non-hydrogen) atoms. The normalized spacial score (nSPS) is 10.3. The van der Waals surface area contributed by atoms with E-state index in [-0.39, 0.29) is 12.5 Å². The van der Waals surface area contributed by atoms with Crippen molar-refractivity contribution in [3.63, 3.8) is 0 Å². The quantitative estimate of drug-likeness (QED) is 0.812. The largest absolute Gasteiger partial charge is 0.459 e. The van der Waals surface area contributed by atoms with Gasteiger partial charge in [-0.25, -0.2) is 4.79 Å². The molecule has 6 heteroatoms. The average Bonchev–Trinajstić information content (AvgIpc) is 2.81. The van der Waals surface area contributed by atoms with Crippen LogP contribution in [0.15, 0.2) is 33.2 Å². The van der Waals surface area contributed by atoms with E-state index >= 15 is 0 Å². The van der Waals surface area contributed by atoms with Gasteiger partial charge in [-0.3, -0.25) is 0 Å². The number of carbonyl (C=O) groups excluding carboxylic acids is 1. The van der Waals surface area contributed by atoms with Gasteiger partial charge < -0.3 is 9.15 Å². The van der Waals surface area contributed by atoms with Crippen LogP contribution in [0, 0.1) is 0 Å². The monoisotopic (exact) mass is 310 g/mol. The smallest absolute Gasteiger partial charge is 0.396 e. The Morgan fingerprint density at radius 1 is 1.33 bits per heavy atom. The molecule has 1 aromatic heterocycles. The number of hydrogen-bond acceptors (Lipinski definition) is 5. The van der Waals surface area contributed by atoms with Gasteiger partial charge in [0.2, 0.25) is 5.89 Å². The molecular formula is C12H11BrN2O3. The topological polar surface area (TPSA) is 65.2 Å². The van der Waals surface area contributed by atoms with Crippen LogP contribution in [-0.2, 0) is 11.2 Å². The second kappa shape index (κ2) is 5.77. The highest BCUT2D eigenvalue weighted by Crippen LogP contribution is 2.13. The molecule has 0 saturated carbocycles. The van der Waals surface area contributed by atoms with Gasteiger partial charge in [-0.1, -0.05) is 28.1 Å². The van der Waals surface area contributed by atoms with Crippen molar-refractivity contribution in [2.45, 2.75) is 13.3 Å². The highest BCUT2D eigenvalue weighted by molar-refractivity contribution is 9.10. The highest BCUT2D eigenvalue weighted by Gasteiger charge is 2.15. The second-order valence-corrected chi connectivity index (χ2v) is 4.44. The van der Waals surface area contributed by atoms with Crippen LogP contribution in [-0.4, -0.2) is 22.8 Å². The lowest BCUT2D eigenvalue weighted by Gasteiger charge is -1.97. The maximum Gasteiger partial charge on any atom is 0.396 e. The zero-order valence-corrected chi connectivity index (χ0v) is 11.3. The van der Waals surface area contributed by atoms with Gasteiger partial charge in [-0.2, -0.15) is 0 Å². The van der Waals surface area contributed by atoms with Gasteiger partial charge in [0.15, 0.2) is 0 Å². The van der Waals surface area contributed by atoms with Crippen molar-refractivity contribution in [3.8, 4) is 0 Å². The Kier molecular flexibility index (Phi) is 4.09. The molecule has 0 aliphatic carbocycles. The van der Waals surface area contributed by atoms with Crippen LogP contribution in [0.5, 0.6) is 0 Å². The first-order valence-electron chi connectivity index (χ1n) is 5.43. The number of hydrogen-bond donors (Lipinski definition) is 0. The number of esters is 1. The molecule has 0 spiro atoms. The number of ether oxygens (including phenoxy) is 1. The fourth-order valence-electron chi connectivity index (χ4n) is 1.38. The van der Waals surface area contributed by atoms with Gasteiger partial charge in [0.05, 0.1) is 13.0 Å². The summed E-state index contributed by atoms with van der Waals surface area (Å²) in [6.45, 7) is 2.00. The predicted octanol–water partition coefficient (Wildman–Crippen LogP) is 2.60. The molecule has 2 rings (SSSR count). The second-order valence-electron chi connectivity index (χ2n) is 3.52. The number of benzene rings is 1. The van der Waals surface area contributed by atoms with Gasteiger partial charge in [0, 0.05) is 4.47 Å². The minimum Gasteiger partial charge on any atom is -0.459 e. The summed E-state index contributed by atoms with van der Waals surface area (Å²) in [4.78, 5) is 11.3. The maximum absolute atomic E-state index is 11.3. The predicted molar refractivity (Wildman–Crippen MR) is 67.2 cm³/mol. The number of aromatic nitrogens is 2. The van der Waals surface area contributed by atoms with Crippen LogP contribution in [0.25, 0.3) is 0 Å². The standard InChI is InChI=1S/C12H11BrN2O3/c1-2-17-12(16)11-15-14-10(18-11)7-8-3-5-9(13)6-4-8/h3-6H,2,7H2,1H3. The van der Waals surface area contributed by atoms with Gasteiger partial charge in [0.1, 0.15) is 0 Å². The van der Waals surface area contributed by atoms with Crippen LogP contribution in [0.1, 0.15) is 29.1 Å². The third-order valence-corrected chi connectivity index (χ3v) is 2.71. The lowest BCUT2D eigenvalue weighted by atomic mass is 10.1. The van der Waals surface area contributed by atoms with Crippen LogP contribution in [0.2, 0.25) is 0 Å². The summed E-state index contributed by atoms with van der Waals surface area (Å²) in [5.41, 5.74) is 1.03. The SMILES string of the molecule is CCOC(=O)c1nnc(Cc2ccc(Br)cc2)o1. The first-order chi connectivity index (χ1) is 8.69. The minimum atomic E-state index is -0.591. The van der Waals surface area contributed by atoms with Crippen molar-refractivity contribution >= 4 is 21.9 Å². The molecule has 0 saturated heterocycles. The molecule has 0 aliphatic heterocycles. The van der Waals surface area contributed by atoms with Crippen LogP contribution in [0.3, 0.4) is 0 Å². The molecule has 0 unspecified atom stereocenters. The van der Waals surface area contributed by atoms with Gasteiger partial charge >= 0.3 is 11.9 Å². The Morgan fingerprint density at radius 3 is 2.72 bits per heavy atom. The molecule has 94 valence electrons. The molecule has 0 atom stereocenters. The first kappa shape index (κ1) is 12.8. The summed E-state index contributed by atoms with van der Waals surface area (Å²) in [7, 11) is 0. The zero-order valence-electron chi connectivity index (χ0n) is 9.72. The molecule has 0 fully saturated rings. The van der Waals surface area contributed by atoms with Crippen LogP contribution < -0.4 is 0 Å². The van der Waals surface area contributed by atoms with Crippen molar-refractivity contribution in [2.75, 3.05) is 6.61 Å². The summed E-state index contributed by atoms with van der Waals surface area (Å²) < 4.78 is 11.0. The maximum atomic E-state index is 11.3. The van der Waals surface area contributed by atoms with Crippen molar-refractivity contribution in [3.05, 3.63) is 46.1 Å². The van der Waals surface area contributed by atoms with E-state index in [1.54, 1.807) is 6.92 Å². The van der Waals surface area contributed by atoms with Crippen molar-refractivity contribution in [1.82, 2.24) is 10.2 Å².